The summed E-state index contributed by atoms with van der Waals surface area (Å²) >= 11 is 0. The first-order valence-corrected chi connectivity index (χ1v) is 7.24. The molecule has 0 radical (unpaired) electrons. The Morgan fingerprint density at radius 1 is 1.43 bits per heavy atom. The van der Waals surface area contributed by atoms with Crippen molar-refractivity contribution in [1.82, 2.24) is 0 Å². The van der Waals surface area contributed by atoms with Crippen molar-refractivity contribution in [3.63, 3.8) is 0 Å². The highest BCUT2D eigenvalue weighted by Gasteiger charge is 2.22. The molecular formula is C15H20N2O4. The number of benzene rings is 1. The number of carboxylic acid groups (broad SMARTS) is 1. The van der Waals surface area contributed by atoms with E-state index in [4.69, 9.17) is 0 Å². The maximum atomic E-state index is 11.2. The highest BCUT2D eigenvalue weighted by Crippen LogP contribution is 2.30. The molecule has 1 aliphatic rings. The molecule has 21 heavy (non-hydrogen) atoms. The van der Waals surface area contributed by atoms with Crippen LogP contribution in [0.4, 0.5) is 11.4 Å². The number of nitrogens with one attached hydrogen (secondary N) is 1. The third-order valence-electron chi connectivity index (χ3n) is 4.29. The standard InChI is InChI=1S/C15H20N2O4/c1-10-4-2-3-5-11(10)9-16-14-7-6-12(17(20)21)8-13(14)15(18)19/h6-8,10-11,16H,2-5,9H2,1H3,(H,18,19). The fourth-order valence-electron chi connectivity index (χ4n) is 2.91. The number of nitro benzene ring substituents is 1. The Hall–Kier alpha value is -2.11. The average molecular weight is 292 g/mol. The maximum absolute atomic E-state index is 11.2. The molecule has 0 spiro atoms. The average Bonchev–Trinajstić information content (AvgIpc) is 2.46. The van der Waals surface area contributed by atoms with E-state index in [1.807, 2.05) is 0 Å². The van der Waals surface area contributed by atoms with Crippen molar-refractivity contribution in [3.05, 3.63) is 33.9 Å². The van der Waals surface area contributed by atoms with Gasteiger partial charge in [-0.05, 0) is 24.3 Å². The molecular weight excluding hydrogens is 272 g/mol. The Bertz CT molecular complexity index is 544. The second-order valence-corrected chi connectivity index (χ2v) is 5.69. The van der Waals surface area contributed by atoms with Gasteiger partial charge >= 0.3 is 5.97 Å². The summed E-state index contributed by atoms with van der Waals surface area (Å²) in [5.74, 6) is -0.00828. The minimum Gasteiger partial charge on any atom is -0.478 e. The number of non-ortho nitro benzene ring substituents is 1. The molecule has 0 heterocycles. The Kier molecular flexibility index (Phi) is 4.77. The zero-order chi connectivity index (χ0) is 15.4. The summed E-state index contributed by atoms with van der Waals surface area (Å²) < 4.78 is 0. The fourth-order valence-corrected chi connectivity index (χ4v) is 2.91. The molecule has 1 aliphatic carbocycles. The summed E-state index contributed by atoms with van der Waals surface area (Å²) in [6, 6.07) is 3.92. The number of aromatic carboxylic acids is 1. The monoisotopic (exact) mass is 292 g/mol. The summed E-state index contributed by atoms with van der Waals surface area (Å²) in [7, 11) is 0. The van der Waals surface area contributed by atoms with Gasteiger partial charge in [-0.15, -0.1) is 0 Å². The van der Waals surface area contributed by atoms with Crippen LogP contribution in [0.1, 0.15) is 43.0 Å². The van der Waals surface area contributed by atoms with Gasteiger partial charge in [0.2, 0.25) is 0 Å². The minimum atomic E-state index is -1.15. The molecule has 0 saturated heterocycles. The zero-order valence-electron chi connectivity index (χ0n) is 12.0. The summed E-state index contributed by atoms with van der Waals surface area (Å²) in [5.41, 5.74) is 0.197. The van der Waals surface area contributed by atoms with Crippen LogP contribution in [0.15, 0.2) is 18.2 Å². The lowest BCUT2D eigenvalue weighted by molar-refractivity contribution is -0.384. The Morgan fingerprint density at radius 3 is 2.76 bits per heavy atom. The van der Waals surface area contributed by atoms with Crippen LogP contribution < -0.4 is 5.32 Å². The largest absolute Gasteiger partial charge is 0.478 e. The van der Waals surface area contributed by atoms with Crippen LogP contribution in [0, 0.1) is 22.0 Å². The quantitative estimate of drug-likeness (QED) is 0.639. The van der Waals surface area contributed by atoms with Crippen LogP contribution >= 0.6 is 0 Å². The van der Waals surface area contributed by atoms with Crippen LogP contribution in [0.25, 0.3) is 0 Å². The lowest BCUT2D eigenvalue weighted by Gasteiger charge is -2.29. The van der Waals surface area contributed by atoms with E-state index < -0.39 is 10.9 Å². The second-order valence-electron chi connectivity index (χ2n) is 5.69. The SMILES string of the molecule is CC1CCCCC1CNc1ccc([N+](=O)[O-])cc1C(=O)O. The van der Waals surface area contributed by atoms with E-state index in [2.05, 4.69) is 12.2 Å². The van der Waals surface area contributed by atoms with Gasteiger partial charge < -0.3 is 10.4 Å². The molecule has 2 unspecified atom stereocenters. The van der Waals surface area contributed by atoms with Gasteiger partial charge in [-0.3, -0.25) is 10.1 Å². The van der Waals surface area contributed by atoms with E-state index in [1.54, 1.807) is 0 Å². The highest BCUT2D eigenvalue weighted by atomic mass is 16.6. The lowest BCUT2D eigenvalue weighted by Crippen LogP contribution is -2.25. The summed E-state index contributed by atoms with van der Waals surface area (Å²) in [6.07, 6.45) is 4.82. The summed E-state index contributed by atoms with van der Waals surface area (Å²) in [6.45, 7) is 2.93. The van der Waals surface area contributed by atoms with Crippen LogP contribution in [0.3, 0.4) is 0 Å². The second kappa shape index (κ2) is 6.56. The van der Waals surface area contributed by atoms with Gasteiger partial charge in [-0.2, -0.15) is 0 Å². The topological polar surface area (TPSA) is 92.5 Å². The van der Waals surface area contributed by atoms with Gasteiger partial charge in [-0.1, -0.05) is 26.2 Å². The first kappa shape index (κ1) is 15.3. The lowest BCUT2D eigenvalue weighted by atomic mass is 9.80. The van der Waals surface area contributed by atoms with Gasteiger partial charge in [-0.25, -0.2) is 4.79 Å². The number of anilines is 1. The zero-order valence-corrected chi connectivity index (χ0v) is 12.0. The number of hydrogen-bond acceptors (Lipinski definition) is 4. The van der Waals surface area contributed by atoms with Crippen LogP contribution in [-0.4, -0.2) is 22.5 Å². The van der Waals surface area contributed by atoms with Crippen LogP contribution in [0.5, 0.6) is 0 Å². The molecule has 2 atom stereocenters. The van der Waals surface area contributed by atoms with E-state index in [0.717, 1.165) is 12.5 Å². The Morgan fingerprint density at radius 2 is 2.14 bits per heavy atom. The molecule has 0 bridgehead atoms. The predicted molar refractivity (Wildman–Crippen MR) is 79.7 cm³/mol. The third kappa shape index (κ3) is 3.71. The molecule has 0 aromatic heterocycles. The number of nitrogens with zero attached hydrogens (tertiary/aromatic N) is 1. The molecule has 0 amide bonds. The maximum Gasteiger partial charge on any atom is 0.338 e. The number of carbonyl (C=O) groups is 1. The minimum absolute atomic E-state index is 0.0485. The fraction of sp³-hybridized carbons (Fsp3) is 0.533. The number of carboxylic acids is 1. The molecule has 2 N–H and O–H groups in total. The van der Waals surface area contributed by atoms with E-state index in [1.165, 1.54) is 31.4 Å². The van der Waals surface area contributed by atoms with Crippen molar-refractivity contribution in [2.24, 2.45) is 11.8 Å². The van der Waals surface area contributed by atoms with Gasteiger partial charge in [0.1, 0.15) is 0 Å². The van der Waals surface area contributed by atoms with E-state index in [9.17, 15) is 20.0 Å². The summed E-state index contributed by atoms with van der Waals surface area (Å²) in [5, 5.41) is 23.1. The molecule has 2 rings (SSSR count). The first-order chi connectivity index (χ1) is 9.99. The van der Waals surface area contributed by atoms with Crippen molar-refractivity contribution < 1.29 is 14.8 Å². The van der Waals surface area contributed by atoms with Crippen LogP contribution in [-0.2, 0) is 0 Å². The number of rotatable bonds is 5. The normalized spacial score (nSPS) is 21.8. The van der Waals surface area contributed by atoms with Crippen molar-refractivity contribution in [2.45, 2.75) is 32.6 Å². The van der Waals surface area contributed by atoms with Crippen molar-refractivity contribution in [3.8, 4) is 0 Å². The predicted octanol–water partition coefficient (Wildman–Crippen LogP) is 3.53. The van der Waals surface area contributed by atoms with E-state index in [-0.39, 0.29) is 11.3 Å². The van der Waals surface area contributed by atoms with E-state index in [0.29, 0.717) is 24.1 Å². The van der Waals surface area contributed by atoms with Crippen molar-refractivity contribution in [1.29, 1.82) is 0 Å². The molecule has 6 heteroatoms. The highest BCUT2D eigenvalue weighted by molar-refractivity contribution is 5.95. The van der Waals surface area contributed by atoms with Crippen molar-refractivity contribution >= 4 is 17.3 Å². The summed E-state index contributed by atoms with van der Waals surface area (Å²) in [4.78, 5) is 21.4. The number of hydrogen-bond donors (Lipinski definition) is 2. The smallest absolute Gasteiger partial charge is 0.338 e. The molecule has 0 aliphatic heterocycles. The molecule has 1 saturated carbocycles. The number of nitro groups is 1. The molecule has 6 nitrogen and oxygen atoms in total. The van der Waals surface area contributed by atoms with Gasteiger partial charge in [0, 0.05) is 24.4 Å². The van der Waals surface area contributed by atoms with Gasteiger partial charge in [0.15, 0.2) is 0 Å². The molecule has 114 valence electrons. The van der Waals surface area contributed by atoms with Gasteiger partial charge in [0.05, 0.1) is 10.5 Å². The molecule has 1 fully saturated rings. The Balaban J connectivity index is 2.11. The van der Waals surface area contributed by atoms with E-state index >= 15 is 0 Å². The van der Waals surface area contributed by atoms with Crippen molar-refractivity contribution in [2.75, 3.05) is 11.9 Å². The molecule has 1 aromatic rings. The van der Waals surface area contributed by atoms with Crippen LogP contribution in [0.2, 0.25) is 0 Å². The first-order valence-electron chi connectivity index (χ1n) is 7.24. The molecule has 1 aromatic carbocycles. The Labute approximate surface area is 123 Å². The van der Waals surface area contributed by atoms with Gasteiger partial charge in [0.25, 0.3) is 5.69 Å². The third-order valence-corrected chi connectivity index (χ3v) is 4.29.